The fourth-order valence-electron chi connectivity index (χ4n) is 3.38. The van der Waals surface area contributed by atoms with Crippen LogP contribution in [0.2, 0.25) is 0 Å². The second kappa shape index (κ2) is 11.6. The van der Waals surface area contributed by atoms with Crippen molar-refractivity contribution in [3.63, 3.8) is 0 Å². The van der Waals surface area contributed by atoms with E-state index in [1.54, 1.807) is 11.0 Å². The zero-order valence-electron chi connectivity index (χ0n) is 18.5. The number of carbonyl (C=O) groups is 3. The van der Waals surface area contributed by atoms with Crippen molar-refractivity contribution in [2.75, 3.05) is 12.4 Å². The molecule has 0 saturated carbocycles. The lowest BCUT2D eigenvalue weighted by Gasteiger charge is -2.17. The highest BCUT2D eigenvalue weighted by Gasteiger charge is 2.23. The molecule has 3 rings (SSSR count). The molecule has 8 heteroatoms. The van der Waals surface area contributed by atoms with Crippen molar-refractivity contribution in [1.82, 2.24) is 10.2 Å². The molecule has 3 amide bonds. The Hall–Kier alpha value is -3.68. The number of fused-ring (bicyclic) bond motifs is 1. The van der Waals surface area contributed by atoms with Crippen LogP contribution in [0.4, 0.5) is 14.9 Å². The highest BCUT2D eigenvalue weighted by atomic mass is 19.1. The fraction of sp³-hybridized carbons (Fsp3) is 0.292. The predicted octanol–water partition coefficient (Wildman–Crippen LogP) is 4.09. The molecule has 2 aromatic carbocycles. The van der Waals surface area contributed by atoms with E-state index in [1.165, 1.54) is 26.2 Å². The molecule has 0 radical (unpaired) electrons. The van der Waals surface area contributed by atoms with Crippen LogP contribution in [-0.2, 0) is 27.4 Å². The maximum absolute atomic E-state index is 13.3. The van der Waals surface area contributed by atoms with Gasteiger partial charge in [0.2, 0.25) is 5.91 Å². The molecule has 0 bridgehead atoms. The number of benzene rings is 2. The third-order valence-electron chi connectivity index (χ3n) is 4.82. The SMILES string of the molecule is C=C(CC(C)NC(C)=O)c1ccc(NC(=O)N2Cc3ccc(F)cc3C2)cc1.COC=O. The molecule has 1 atom stereocenters. The molecule has 0 saturated heterocycles. The topological polar surface area (TPSA) is 87.7 Å². The number of halogens is 1. The lowest BCUT2D eigenvalue weighted by atomic mass is 10.0. The second-order valence-corrected chi connectivity index (χ2v) is 7.52. The molecule has 1 heterocycles. The zero-order valence-corrected chi connectivity index (χ0v) is 18.5. The van der Waals surface area contributed by atoms with Gasteiger partial charge in [0.15, 0.2) is 0 Å². The largest absolute Gasteiger partial charge is 0.471 e. The monoisotopic (exact) mass is 441 g/mol. The van der Waals surface area contributed by atoms with E-state index < -0.39 is 0 Å². The van der Waals surface area contributed by atoms with Crippen molar-refractivity contribution >= 4 is 29.7 Å². The Balaban J connectivity index is 0.000000837. The van der Waals surface area contributed by atoms with Gasteiger partial charge in [-0.25, -0.2) is 9.18 Å². The molecule has 1 aliphatic rings. The summed E-state index contributed by atoms with van der Waals surface area (Å²) in [6.45, 7) is 8.74. The molecule has 0 aromatic heterocycles. The lowest BCUT2D eigenvalue weighted by molar-refractivity contribution is -0.126. The van der Waals surface area contributed by atoms with Gasteiger partial charge in [0.25, 0.3) is 6.47 Å². The number of methoxy groups -OCH3 is 1. The van der Waals surface area contributed by atoms with Gasteiger partial charge in [0.05, 0.1) is 7.11 Å². The summed E-state index contributed by atoms with van der Waals surface area (Å²) in [7, 11) is 1.31. The molecule has 7 nitrogen and oxygen atoms in total. The Morgan fingerprint density at radius 2 is 1.81 bits per heavy atom. The standard InChI is InChI=1S/C22H24FN3O2.C2H4O2/c1-14(10-15(2)24-16(3)27)17-5-8-21(9-6-17)25-22(28)26-12-18-4-7-20(23)11-19(18)13-26;1-4-2-3/h4-9,11,15H,1,10,12-13H2,2-3H3,(H,24,27)(H,25,28);2H,1H3. The number of nitrogens with one attached hydrogen (secondary N) is 2. The van der Waals surface area contributed by atoms with Gasteiger partial charge in [-0.2, -0.15) is 0 Å². The molecule has 0 aliphatic carbocycles. The maximum atomic E-state index is 13.3. The van der Waals surface area contributed by atoms with Crippen molar-refractivity contribution in [3.05, 3.63) is 71.6 Å². The predicted molar refractivity (Wildman–Crippen MR) is 121 cm³/mol. The normalized spacial score (nSPS) is 12.6. The summed E-state index contributed by atoms with van der Waals surface area (Å²) in [6.07, 6.45) is 0.647. The highest BCUT2D eigenvalue weighted by molar-refractivity contribution is 5.90. The van der Waals surface area contributed by atoms with Gasteiger partial charge in [-0.1, -0.05) is 24.8 Å². The van der Waals surface area contributed by atoms with Crippen LogP contribution < -0.4 is 10.6 Å². The van der Waals surface area contributed by atoms with Crippen molar-refractivity contribution < 1.29 is 23.5 Å². The molecule has 0 fully saturated rings. The quantitative estimate of drug-likeness (QED) is 0.661. The minimum absolute atomic E-state index is 0.00557. The van der Waals surface area contributed by atoms with E-state index in [2.05, 4.69) is 21.9 Å². The summed E-state index contributed by atoms with van der Waals surface area (Å²) in [5.41, 5.74) is 4.36. The number of hydrogen-bond donors (Lipinski definition) is 2. The van der Waals surface area contributed by atoms with Gasteiger partial charge in [-0.15, -0.1) is 0 Å². The number of carbonyl (C=O) groups excluding carboxylic acids is 3. The number of rotatable bonds is 6. The number of ether oxygens (including phenoxy) is 1. The van der Waals surface area contributed by atoms with Crippen LogP contribution in [0.1, 0.15) is 37.0 Å². The van der Waals surface area contributed by atoms with E-state index in [0.29, 0.717) is 31.7 Å². The number of nitrogens with zero attached hydrogens (tertiary/aromatic N) is 1. The van der Waals surface area contributed by atoms with Crippen molar-refractivity contribution in [2.24, 2.45) is 0 Å². The molecule has 2 aromatic rings. The first kappa shape index (κ1) is 24.6. The van der Waals surface area contributed by atoms with Crippen molar-refractivity contribution in [3.8, 4) is 0 Å². The molecule has 2 N–H and O–H groups in total. The Morgan fingerprint density at radius 1 is 1.19 bits per heavy atom. The first-order valence-electron chi connectivity index (χ1n) is 10.1. The first-order chi connectivity index (χ1) is 15.2. The summed E-state index contributed by atoms with van der Waals surface area (Å²) in [6, 6.07) is 11.8. The van der Waals surface area contributed by atoms with Crippen LogP contribution >= 0.6 is 0 Å². The molecular formula is C24H28FN3O4. The number of urea groups is 1. The van der Waals surface area contributed by atoms with Gasteiger partial charge >= 0.3 is 6.03 Å². The average molecular weight is 442 g/mol. The van der Waals surface area contributed by atoms with Crippen LogP contribution in [0.15, 0.2) is 49.0 Å². The van der Waals surface area contributed by atoms with E-state index in [1.807, 2.05) is 31.2 Å². The maximum Gasteiger partial charge on any atom is 0.322 e. The molecule has 170 valence electrons. The van der Waals surface area contributed by atoms with Gasteiger partial charge < -0.3 is 20.3 Å². The fourth-order valence-corrected chi connectivity index (χ4v) is 3.38. The van der Waals surface area contributed by atoms with Crippen LogP contribution in [0.25, 0.3) is 5.57 Å². The van der Waals surface area contributed by atoms with Gasteiger partial charge in [0, 0.05) is 31.7 Å². The molecule has 1 aliphatic heterocycles. The van der Waals surface area contributed by atoms with Crippen LogP contribution in [0.5, 0.6) is 0 Å². The number of anilines is 1. The van der Waals surface area contributed by atoms with E-state index in [4.69, 9.17) is 4.79 Å². The zero-order chi connectivity index (χ0) is 23.7. The van der Waals surface area contributed by atoms with E-state index in [0.717, 1.165) is 22.3 Å². The average Bonchev–Trinajstić information content (AvgIpc) is 3.17. The summed E-state index contributed by atoms with van der Waals surface area (Å²) < 4.78 is 17.2. The number of amides is 3. The summed E-state index contributed by atoms with van der Waals surface area (Å²) in [5, 5.41) is 5.71. The van der Waals surface area contributed by atoms with Crippen molar-refractivity contribution in [1.29, 1.82) is 0 Å². The molecular weight excluding hydrogens is 413 g/mol. The lowest BCUT2D eigenvalue weighted by Crippen LogP contribution is -2.30. The summed E-state index contributed by atoms with van der Waals surface area (Å²) in [5.74, 6) is -0.352. The van der Waals surface area contributed by atoms with Gasteiger partial charge in [0.1, 0.15) is 5.82 Å². The highest BCUT2D eigenvalue weighted by Crippen LogP contribution is 2.25. The summed E-state index contributed by atoms with van der Waals surface area (Å²) in [4.78, 5) is 34.2. The van der Waals surface area contributed by atoms with E-state index in [9.17, 15) is 14.0 Å². The van der Waals surface area contributed by atoms with E-state index in [-0.39, 0.29) is 23.8 Å². The smallest absolute Gasteiger partial charge is 0.322 e. The number of hydrogen-bond acceptors (Lipinski definition) is 4. The van der Waals surface area contributed by atoms with Crippen LogP contribution in [-0.4, -0.2) is 36.5 Å². The molecule has 0 spiro atoms. The van der Waals surface area contributed by atoms with Gasteiger partial charge in [-0.3, -0.25) is 9.59 Å². The van der Waals surface area contributed by atoms with Gasteiger partial charge in [-0.05, 0) is 59.9 Å². The Kier molecular flexibility index (Phi) is 8.95. The third kappa shape index (κ3) is 7.23. The molecule has 32 heavy (non-hydrogen) atoms. The first-order valence-corrected chi connectivity index (χ1v) is 10.1. The third-order valence-corrected chi connectivity index (χ3v) is 4.82. The van der Waals surface area contributed by atoms with Crippen LogP contribution in [0.3, 0.4) is 0 Å². The minimum Gasteiger partial charge on any atom is -0.471 e. The van der Waals surface area contributed by atoms with Crippen molar-refractivity contribution in [2.45, 2.75) is 39.4 Å². The minimum atomic E-state index is -0.287. The van der Waals surface area contributed by atoms with E-state index >= 15 is 0 Å². The Bertz CT molecular complexity index is 976. The Labute approximate surface area is 187 Å². The molecule has 1 unspecified atom stereocenters. The van der Waals surface area contributed by atoms with Crippen LogP contribution in [0, 0.1) is 5.82 Å². The summed E-state index contributed by atoms with van der Waals surface area (Å²) >= 11 is 0. The second-order valence-electron chi connectivity index (χ2n) is 7.52. The Morgan fingerprint density at radius 3 is 2.41 bits per heavy atom.